The highest BCUT2D eigenvalue weighted by Gasteiger charge is 2.02. The number of benzene rings is 2. The highest BCUT2D eigenvalue weighted by molar-refractivity contribution is 9.10. The predicted octanol–water partition coefficient (Wildman–Crippen LogP) is 4.21. The SMILES string of the molecule is Cc1ccc(C#N)cc1OCc1ccc(Br)cc1. The molecule has 2 nitrogen and oxygen atoms in total. The maximum absolute atomic E-state index is 8.86. The minimum Gasteiger partial charge on any atom is -0.489 e. The van der Waals surface area contributed by atoms with Gasteiger partial charge in [-0.1, -0.05) is 34.1 Å². The summed E-state index contributed by atoms with van der Waals surface area (Å²) in [6.07, 6.45) is 0. The normalized spacial score (nSPS) is 9.83. The van der Waals surface area contributed by atoms with Crippen LogP contribution in [0.2, 0.25) is 0 Å². The van der Waals surface area contributed by atoms with Crippen molar-refractivity contribution < 1.29 is 4.74 Å². The second-order valence-corrected chi connectivity index (χ2v) is 4.92. The van der Waals surface area contributed by atoms with E-state index in [0.717, 1.165) is 21.3 Å². The molecule has 0 atom stereocenters. The zero-order chi connectivity index (χ0) is 13.0. The van der Waals surface area contributed by atoms with Gasteiger partial charge >= 0.3 is 0 Å². The molecule has 0 aliphatic heterocycles. The molecule has 3 heteroatoms. The smallest absolute Gasteiger partial charge is 0.124 e. The Hall–Kier alpha value is -1.79. The van der Waals surface area contributed by atoms with Crippen LogP contribution in [0, 0.1) is 18.3 Å². The lowest BCUT2D eigenvalue weighted by molar-refractivity contribution is 0.304. The number of halogens is 1. The van der Waals surface area contributed by atoms with E-state index in [4.69, 9.17) is 10.00 Å². The number of nitriles is 1. The van der Waals surface area contributed by atoms with E-state index in [9.17, 15) is 0 Å². The van der Waals surface area contributed by atoms with Crippen molar-refractivity contribution in [3.8, 4) is 11.8 Å². The molecule has 0 saturated heterocycles. The van der Waals surface area contributed by atoms with Crippen LogP contribution in [0.3, 0.4) is 0 Å². The van der Waals surface area contributed by atoms with E-state index >= 15 is 0 Å². The molecule has 0 aliphatic carbocycles. The van der Waals surface area contributed by atoms with E-state index in [1.54, 1.807) is 12.1 Å². The summed E-state index contributed by atoms with van der Waals surface area (Å²) < 4.78 is 6.79. The van der Waals surface area contributed by atoms with Gasteiger partial charge in [0.1, 0.15) is 12.4 Å². The summed E-state index contributed by atoms with van der Waals surface area (Å²) in [5.74, 6) is 0.761. The molecule has 90 valence electrons. The second-order valence-electron chi connectivity index (χ2n) is 4.01. The quantitative estimate of drug-likeness (QED) is 0.851. The first-order chi connectivity index (χ1) is 8.69. The van der Waals surface area contributed by atoms with Gasteiger partial charge in [0.25, 0.3) is 0 Å². The molecule has 0 radical (unpaired) electrons. The Morgan fingerprint density at radius 3 is 2.56 bits per heavy atom. The molecule has 0 aliphatic rings. The summed E-state index contributed by atoms with van der Waals surface area (Å²) in [4.78, 5) is 0. The second kappa shape index (κ2) is 5.70. The Bertz CT molecular complexity index is 584. The van der Waals surface area contributed by atoms with Crippen molar-refractivity contribution >= 4 is 15.9 Å². The van der Waals surface area contributed by atoms with Crippen molar-refractivity contribution in [2.24, 2.45) is 0 Å². The predicted molar refractivity (Wildman–Crippen MR) is 74.4 cm³/mol. The summed E-state index contributed by atoms with van der Waals surface area (Å²) in [5.41, 5.74) is 2.75. The van der Waals surface area contributed by atoms with Gasteiger partial charge in [0.05, 0.1) is 11.6 Å². The van der Waals surface area contributed by atoms with Crippen molar-refractivity contribution in [3.63, 3.8) is 0 Å². The molecule has 2 rings (SSSR count). The number of nitrogens with zero attached hydrogens (tertiary/aromatic N) is 1. The average molecular weight is 302 g/mol. The van der Waals surface area contributed by atoms with Gasteiger partial charge in [-0.25, -0.2) is 0 Å². The Kier molecular flexibility index (Phi) is 4.01. The van der Waals surface area contributed by atoms with E-state index in [1.807, 2.05) is 37.3 Å². The van der Waals surface area contributed by atoms with E-state index < -0.39 is 0 Å². The van der Waals surface area contributed by atoms with Crippen LogP contribution in [0.4, 0.5) is 0 Å². The summed E-state index contributed by atoms with van der Waals surface area (Å²) in [6, 6.07) is 15.6. The van der Waals surface area contributed by atoms with Crippen LogP contribution >= 0.6 is 15.9 Å². The minimum absolute atomic E-state index is 0.503. The van der Waals surface area contributed by atoms with Crippen molar-refractivity contribution in [1.29, 1.82) is 5.26 Å². The fourth-order valence-electron chi connectivity index (χ4n) is 1.57. The molecule has 2 aromatic rings. The van der Waals surface area contributed by atoms with E-state index in [1.165, 1.54) is 0 Å². The molecular formula is C15H12BrNO. The number of hydrogen-bond acceptors (Lipinski definition) is 2. The third kappa shape index (κ3) is 3.12. The lowest BCUT2D eigenvalue weighted by Gasteiger charge is -2.09. The lowest BCUT2D eigenvalue weighted by Crippen LogP contribution is -1.97. The fourth-order valence-corrected chi connectivity index (χ4v) is 1.83. The largest absolute Gasteiger partial charge is 0.489 e. The van der Waals surface area contributed by atoms with E-state index in [-0.39, 0.29) is 0 Å². The van der Waals surface area contributed by atoms with Gasteiger partial charge in [-0.2, -0.15) is 5.26 Å². The van der Waals surface area contributed by atoms with Crippen molar-refractivity contribution in [3.05, 3.63) is 63.6 Å². The zero-order valence-electron chi connectivity index (χ0n) is 9.98. The van der Waals surface area contributed by atoms with Crippen LogP contribution in [-0.4, -0.2) is 0 Å². The first-order valence-corrected chi connectivity index (χ1v) is 6.36. The number of rotatable bonds is 3. The third-order valence-corrected chi connectivity index (χ3v) is 3.15. The molecule has 18 heavy (non-hydrogen) atoms. The Labute approximate surface area is 115 Å². The topological polar surface area (TPSA) is 33.0 Å². The molecule has 0 spiro atoms. The van der Waals surface area contributed by atoms with Crippen LogP contribution in [-0.2, 0) is 6.61 Å². The Balaban J connectivity index is 2.10. The van der Waals surface area contributed by atoms with Crippen LogP contribution < -0.4 is 4.74 Å². The molecule has 0 fully saturated rings. The average Bonchev–Trinajstić information content (AvgIpc) is 2.40. The molecular weight excluding hydrogens is 290 g/mol. The molecule has 0 unspecified atom stereocenters. The Morgan fingerprint density at radius 2 is 1.89 bits per heavy atom. The van der Waals surface area contributed by atoms with Crippen LogP contribution in [0.1, 0.15) is 16.7 Å². The molecule has 0 heterocycles. The molecule has 0 saturated carbocycles. The first kappa shape index (κ1) is 12.7. The highest BCUT2D eigenvalue weighted by atomic mass is 79.9. The molecule has 0 aromatic heterocycles. The summed E-state index contributed by atoms with van der Waals surface area (Å²) in [6.45, 7) is 2.47. The summed E-state index contributed by atoms with van der Waals surface area (Å²) in [7, 11) is 0. The zero-order valence-corrected chi connectivity index (χ0v) is 11.6. The maximum atomic E-state index is 8.86. The van der Waals surface area contributed by atoms with Crippen LogP contribution in [0.25, 0.3) is 0 Å². The van der Waals surface area contributed by atoms with Gasteiger partial charge in [0, 0.05) is 4.47 Å². The van der Waals surface area contributed by atoms with Gasteiger partial charge in [0.2, 0.25) is 0 Å². The van der Waals surface area contributed by atoms with Gasteiger partial charge in [0.15, 0.2) is 0 Å². The minimum atomic E-state index is 0.503. The van der Waals surface area contributed by atoms with Crippen LogP contribution in [0.15, 0.2) is 46.9 Å². The van der Waals surface area contributed by atoms with Crippen LogP contribution in [0.5, 0.6) is 5.75 Å². The number of aryl methyl sites for hydroxylation is 1. The first-order valence-electron chi connectivity index (χ1n) is 5.57. The molecule has 0 N–H and O–H groups in total. The van der Waals surface area contributed by atoms with Gasteiger partial charge in [-0.05, 0) is 42.3 Å². The van der Waals surface area contributed by atoms with Gasteiger partial charge < -0.3 is 4.74 Å². The highest BCUT2D eigenvalue weighted by Crippen LogP contribution is 2.21. The van der Waals surface area contributed by atoms with Crippen molar-refractivity contribution in [1.82, 2.24) is 0 Å². The summed E-state index contributed by atoms with van der Waals surface area (Å²) >= 11 is 3.40. The monoisotopic (exact) mass is 301 g/mol. The fraction of sp³-hybridized carbons (Fsp3) is 0.133. The van der Waals surface area contributed by atoms with Crippen molar-refractivity contribution in [2.75, 3.05) is 0 Å². The molecule has 0 amide bonds. The van der Waals surface area contributed by atoms with Gasteiger partial charge in [-0.15, -0.1) is 0 Å². The molecule has 0 bridgehead atoms. The maximum Gasteiger partial charge on any atom is 0.124 e. The van der Waals surface area contributed by atoms with Crippen molar-refractivity contribution in [2.45, 2.75) is 13.5 Å². The lowest BCUT2D eigenvalue weighted by atomic mass is 10.1. The summed E-state index contributed by atoms with van der Waals surface area (Å²) in [5, 5.41) is 8.86. The standard InChI is InChI=1S/C15H12BrNO/c1-11-2-3-13(9-17)8-15(11)18-10-12-4-6-14(16)7-5-12/h2-8H,10H2,1H3. The third-order valence-electron chi connectivity index (χ3n) is 2.62. The van der Waals surface area contributed by atoms with E-state index in [0.29, 0.717) is 12.2 Å². The molecule has 2 aromatic carbocycles. The Morgan fingerprint density at radius 1 is 1.17 bits per heavy atom. The number of ether oxygens (including phenoxy) is 1. The number of hydrogen-bond donors (Lipinski definition) is 0. The van der Waals surface area contributed by atoms with E-state index in [2.05, 4.69) is 22.0 Å². The van der Waals surface area contributed by atoms with Gasteiger partial charge in [-0.3, -0.25) is 0 Å².